The first-order valence-corrected chi connectivity index (χ1v) is 7.37. The number of ether oxygens (including phenoxy) is 3. The van der Waals surface area contributed by atoms with E-state index in [1.54, 1.807) is 12.2 Å². The lowest BCUT2D eigenvalue weighted by Gasteiger charge is -2.21. The van der Waals surface area contributed by atoms with Gasteiger partial charge in [-0.05, 0) is 5.56 Å². The molecule has 5 heteroatoms. The Morgan fingerprint density at radius 1 is 1.09 bits per heavy atom. The molecule has 1 aliphatic carbocycles. The fourth-order valence-corrected chi connectivity index (χ4v) is 2.37. The summed E-state index contributed by atoms with van der Waals surface area (Å²) in [6.07, 6.45) is 2.56. The first kappa shape index (κ1) is 16.9. The lowest BCUT2D eigenvalue weighted by molar-refractivity contribution is -0.0772. The Labute approximate surface area is 140 Å². The summed E-state index contributed by atoms with van der Waals surface area (Å²) in [4.78, 5) is 0. The summed E-state index contributed by atoms with van der Waals surface area (Å²) >= 11 is 12.4. The molecule has 0 spiro atoms. The van der Waals surface area contributed by atoms with Gasteiger partial charge < -0.3 is 14.2 Å². The molecular weight excluding hydrogens is 323 g/mol. The summed E-state index contributed by atoms with van der Waals surface area (Å²) in [5, 5.41) is 0.797. The van der Waals surface area contributed by atoms with Crippen LogP contribution in [-0.4, -0.2) is 20.5 Å². The average molecular weight is 339 g/mol. The molecule has 1 aromatic rings. The molecule has 0 saturated heterocycles. The van der Waals surface area contributed by atoms with E-state index >= 15 is 0 Å². The predicted molar refractivity (Wildman–Crippen MR) is 87.4 cm³/mol. The highest BCUT2D eigenvalue weighted by atomic mass is 35.5. The molecule has 2 rings (SSSR count). The molecule has 0 aliphatic heterocycles. The van der Waals surface area contributed by atoms with Gasteiger partial charge in [0.25, 0.3) is 0 Å². The first-order chi connectivity index (χ1) is 10.7. The Hall–Kier alpha value is -1.48. The number of methoxy groups -OCH3 is 2. The van der Waals surface area contributed by atoms with Gasteiger partial charge in [-0.1, -0.05) is 59.3 Å². The summed E-state index contributed by atoms with van der Waals surface area (Å²) in [6, 6.07) is 9.80. The van der Waals surface area contributed by atoms with Crippen LogP contribution in [0, 0.1) is 0 Å². The molecular formula is C17H16Cl2O3. The number of benzene rings is 1. The average Bonchev–Trinajstić information content (AvgIpc) is 2.68. The van der Waals surface area contributed by atoms with Crippen LogP contribution in [0.1, 0.15) is 5.56 Å². The van der Waals surface area contributed by atoms with Crippen LogP contribution < -0.4 is 0 Å². The lowest BCUT2D eigenvalue weighted by atomic mass is 10.1. The minimum absolute atomic E-state index is 0.380. The highest BCUT2D eigenvalue weighted by Gasteiger charge is 2.23. The highest BCUT2D eigenvalue weighted by Crippen LogP contribution is 2.30. The molecule has 3 nitrogen and oxygen atoms in total. The molecule has 22 heavy (non-hydrogen) atoms. The van der Waals surface area contributed by atoms with Gasteiger partial charge in [0.15, 0.2) is 6.29 Å². The van der Waals surface area contributed by atoms with E-state index in [-0.39, 0.29) is 0 Å². The fraction of sp³-hybridized carbons (Fsp3) is 0.235. The quantitative estimate of drug-likeness (QED) is 0.565. The van der Waals surface area contributed by atoms with Crippen LogP contribution in [0.5, 0.6) is 0 Å². The molecule has 0 fully saturated rings. The van der Waals surface area contributed by atoms with Gasteiger partial charge in [-0.25, -0.2) is 0 Å². The Balaban J connectivity index is 2.28. The van der Waals surface area contributed by atoms with Crippen molar-refractivity contribution in [3.05, 3.63) is 75.2 Å². The predicted octanol–water partition coefficient (Wildman–Crippen LogP) is 4.49. The molecule has 0 amide bonds. The van der Waals surface area contributed by atoms with Crippen molar-refractivity contribution in [3.63, 3.8) is 0 Å². The fourth-order valence-electron chi connectivity index (χ4n) is 1.98. The normalized spacial score (nSPS) is 14.8. The number of hydrogen-bond acceptors (Lipinski definition) is 3. The van der Waals surface area contributed by atoms with Crippen LogP contribution in [0.15, 0.2) is 69.6 Å². The van der Waals surface area contributed by atoms with E-state index < -0.39 is 6.29 Å². The monoisotopic (exact) mass is 338 g/mol. The van der Waals surface area contributed by atoms with Gasteiger partial charge in [0.1, 0.15) is 12.4 Å². The van der Waals surface area contributed by atoms with Crippen molar-refractivity contribution < 1.29 is 14.2 Å². The molecule has 116 valence electrons. The third-order valence-corrected chi connectivity index (χ3v) is 3.55. The topological polar surface area (TPSA) is 27.7 Å². The van der Waals surface area contributed by atoms with Gasteiger partial charge >= 0.3 is 0 Å². The van der Waals surface area contributed by atoms with Gasteiger partial charge in [-0.15, -0.1) is 0 Å². The Morgan fingerprint density at radius 2 is 1.77 bits per heavy atom. The smallest absolute Gasteiger partial charge is 0.188 e. The van der Waals surface area contributed by atoms with Crippen molar-refractivity contribution in [1.29, 1.82) is 0 Å². The zero-order chi connectivity index (χ0) is 15.9. The molecule has 0 heterocycles. The van der Waals surface area contributed by atoms with Gasteiger partial charge in [-0.3, -0.25) is 0 Å². The third-order valence-electron chi connectivity index (χ3n) is 3.02. The van der Waals surface area contributed by atoms with E-state index in [0.29, 0.717) is 28.0 Å². The number of allylic oxidation sites excluding steroid dienone is 3. The molecule has 1 aromatic carbocycles. The standard InChI is InChI=1S/C17H16Cl2O3/c1-20-17(21-2)16-14(19)9-8-13(18)10-15(16)22-11-12-6-4-3-5-7-12/h3-7,9-10,17H,11H2,1-2H3. The molecule has 0 N–H and O–H groups in total. The van der Waals surface area contributed by atoms with Crippen LogP contribution in [0.4, 0.5) is 0 Å². The SMILES string of the molecule is COC(OC)C1=C(Cl)C=C=C(Cl)C=C1OCc1ccccc1. The van der Waals surface area contributed by atoms with Crippen LogP contribution >= 0.6 is 23.2 Å². The number of halogens is 2. The molecule has 0 aromatic heterocycles. The first-order valence-electron chi connectivity index (χ1n) is 6.62. The Bertz CT molecular complexity index is 637. The minimum atomic E-state index is -0.657. The van der Waals surface area contributed by atoms with Crippen LogP contribution in [0.25, 0.3) is 0 Å². The summed E-state index contributed by atoms with van der Waals surface area (Å²) in [5.74, 6) is 0.494. The molecule has 0 atom stereocenters. The minimum Gasteiger partial charge on any atom is -0.488 e. The Morgan fingerprint density at radius 3 is 2.41 bits per heavy atom. The Kier molecular flexibility index (Phi) is 6.32. The third kappa shape index (κ3) is 4.26. The van der Waals surface area contributed by atoms with Crippen molar-refractivity contribution in [2.75, 3.05) is 14.2 Å². The number of hydrogen-bond donors (Lipinski definition) is 0. The summed E-state index contributed by atoms with van der Waals surface area (Å²) in [6.45, 7) is 0.380. The molecule has 0 saturated carbocycles. The second-order valence-electron chi connectivity index (χ2n) is 4.48. The molecule has 1 aliphatic rings. The van der Waals surface area contributed by atoms with Crippen molar-refractivity contribution in [1.82, 2.24) is 0 Å². The number of rotatable bonds is 6. The highest BCUT2D eigenvalue weighted by molar-refractivity contribution is 6.33. The van der Waals surface area contributed by atoms with Gasteiger partial charge in [0.2, 0.25) is 0 Å². The van der Waals surface area contributed by atoms with E-state index in [9.17, 15) is 0 Å². The largest absolute Gasteiger partial charge is 0.488 e. The van der Waals surface area contributed by atoms with Crippen LogP contribution in [0.2, 0.25) is 0 Å². The van der Waals surface area contributed by atoms with E-state index in [0.717, 1.165) is 5.56 Å². The maximum Gasteiger partial charge on any atom is 0.188 e. The van der Waals surface area contributed by atoms with E-state index in [1.807, 2.05) is 30.3 Å². The zero-order valence-electron chi connectivity index (χ0n) is 12.3. The summed E-state index contributed by atoms with van der Waals surface area (Å²) in [5.41, 5.74) is 4.46. The van der Waals surface area contributed by atoms with Crippen molar-refractivity contribution >= 4 is 23.2 Å². The van der Waals surface area contributed by atoms with E-state index in [1.165, 1.54) is 14.2 Å². The van der Waals surface area contributed by atoms with Crippen LogP contribution in [0.3, 0.4) is 0 Å². The van der Waals surface area contributed by atoms with Gasteiger partial charge in [-0.2, -0.15) is 0 Å². The maximum absolute atomic E-state index is 6.29. The molecule has 0 unspecified atom stereocenters. The maximum atomic E-state index is 6.29. The van der Waals surface area contributed by atoms with Crippen molar-refractivity contribution in [3.8, 4) is 0 Å². The van der Waals surface area contributed by atoms with Crippen molar-refractivity contribution in [2.45, 2.75) is 12.9 Å². The second-order valence-corrected chi connectivity index (χ2v) is 5.30. The van der Waals surface area contributed by atoms with Crippen molar-refractivity contribution in [2.24, 2.45) is 0 Å². The van der Waals surface area contributed by atoms with E-state index in [2.05, 4.69) is 5.73 Å². The molecule has 0 radical (unpaired) electrons. The van der Waals surface area contributed by atoms with Crippen LogP contribution in [-0.2, 0) is 20.8 Å². The summed E-state index contributed by atoms with van der Waals surface area (Å²) in [7, 11) is 3.06. The summed E-state index contributed by atoms with van der Waals surface area (Å²) < 4.78 is 16.5. The molecule has 0 bridgehead atoms. The van der Waals surface area contributed by atoms with E-state index in [4.69, 9.17) is 37.4 Å². The second kappa shape index (κ2) is 8.23. The lowest BCUT2D eigenvalue weighted by Crippen LogP contribution is -2.19. The zero-order valence-corrected chi connectivity index (χ0v) is 13.8. The van der Waals surface area contributed by atoms with Gasteiger partial charge in [0.05, 0.1) is 15.6 Å². The van der Waals surface area contributed by atoms with Gasteiger partial charge in [0, 0.05) is 26.4 Å².